The van der Waals surface area contributed by atoms with Crippen LogP contribution in [0.2, 0.25) is 0 Å². The molecule has 0 spiro atoms. The van der Waals surface area contributed by atoms with E-state index in [0.29, 0.717) is 173 Å². The number of carboxylic acids is 1. The van der Waals surface area contributed by atoms with Crippen molar-refractivity contribution in [3.63, 3.8) is 0 Å². The minimum absolute atomic E-state index is 0.100. The van der Waals surface area contributed by atoms with Crippen molar-refractivity contribution in [2.45, 2.75) is 92.9 Å². The topological polar surface area (TPSA) is 185 Å². The van der Waals surface area contributed by atoms with E-state index in [0.717, 1.165) is 12.2 Å². The molecule has 0 rings (SSSR count). The molecule has 1 unspecified atom stereocenters. The van der Waals surface area contributed by atoms with Gasteiger partial charge in [0.1, 0.15) is 12.3 Å². The fourth-order valence-corrected chi connectivity index (χ4v) is 6.54. The van der Waals surface area contributed by atoms with Gasteiger partial charge in [0.25, 0.3) is 0 Å². The molecule has 0 aliphatic carbocycles. The maximum absolute atomic E-state index is 12.4. The molecule has 17 heteroatoms. The zero-order valence-corrected chi connectivity index (χ0v) is 40.3. The van der Waals surface area contributed by atoms with Crippen LogP contribution in [-0.2, 0) is 66.5 Å². The SMILES string of the molecule is CC(C)(C)CCCC(CCC(C)(C)C)CSCC(=O)CCCOCCOCCOCCOCCOCCOCCOCCOCCOCCOCCOCCC(=O)NCC(=O)O. The van der Waals surface area contributed by atoms with Gasteiger partial charge in [-0.05, 0) is 54.6 Å². The normalized spacial score (nSPS) is 12.5. The maximum Gasteiger partial charge on any atom is 0.322 e. The second-order valence-corrected chi connectivity index (χ2v) is 18.3. The summed E-state index contributed by atoms with van der Waals surface area (Å²) in [4.78, 5) is 34.1. The summed E-state index contributed by atoms with van der Waals surface area (Å²) in [7, 11) is 0. The zero-order valence-electron chi connectivity index (χ0n) is 39.5. The number of carboxylic acid groups (broad SMARTS) is 1. The van der Waals surface area contributed by atoms with Gasteiger partial charge in [0.2, 0.25) is 5.91 Å². The Morgan fingerprint density at radius 3 is 1.18 bits per heavy atom. The van der Waals surface area contributed by atoms with Crippen molar-refractivity contribution in [2.75, 3.05) is 163 Å². The van der Waals surface area contributed by atoms with Gasteiger partial charge in [0.15, 0.2) is 0 Å². The summed E-state index contributed by atoms with van der Waals surface area (Å²) in [6.45, 7) is 23.5. The van der Waals surface area contributed by atoms with Gasteiger partial charge in [-0.1, -0.05) is 48.0 Å². The number of carbonyl (C=O) groups is 3. The zero-order chi connectivity index (χ0) is 45.8. The molecule has 0 aromatic heterocycles. The molecule has 2 N–H and O–H groups in total. The van der Waals surface area contributed by atoms with E-state index < -0.39 is 12.5 Å². The molecule has 0 aliphatic rings. The molecule has 0 bridgehead atoms. The van der Waals surface area contributed by atoms with Crippen LogP contribution in [0.5, 0.6) is 0 Å². The number of rotatable bonds is 48. The predicted octanol–water partition coefficient (Wildman–Crippen LogP) is 5.50. The number of hydrogen-bond acceptors (Lipinski definition) is 15. The summed E-state index contributed by atoms with van der Waals surface area (Å²) in [5, 5.41) is 10.8. The average Bonchev–Trinajstić information content (AvgIpc) is 3.20. The lowest BCUT2D eigenvalue weighted by atomic mass is 9.84. The summed E-state index contributed by atoms with van der Waals surface area (Å²) in [5.74, 6) is 1.24. The largest absolute Gasteiger partial charge is 0.480 e. The van der Waals surface area contributed by atoms with Gasteiger partial charge < -0.3 is 62.5 Å². The molecule has 0 saturated heterocycles. The molecule has 0 aromatic carbocycles. The van der Waals surface area contributed by atoms with E-state index in [1.54, 1.807) is 0 Å². The van der Waals surface area contributed by atoms with Crippen LogP contribution in [0.1, 0.15) is 92.9 Å². The van der Waals surface area contributed by atoms with Crippen molar-refractivity contribution in [1.29, 1.82) is 0 Å². The van der Waals surface area contributed by atoms with Crippen molar-refractivity contribution in [3.05, 3.63) is 0 Å². The Balaban J connectivity index is 3.34. The van der Waals surface area contributed by atoms with Crippen molar-refractivity contribution >= 4 is 29.4 Å². The quantitative estimate of drug-likeness (QED) is 0.0729. The highest BCUT2D eigenvalue weighted by Gasteiger charge is 2.18. The standard InChI is InChI=1S/C45H87NO15S/c1-44(2,3)13-7-9-40(11-14-45(4,5)6)38-62-39-41(47)10-8-15-51-17-19-53-21-23-55-25-27-57-29-31-59-33-35-61-36-34-60-32-30-58-28-26-56-24-22-54-20-18-52-16-12-42(48)46-37-43(49)50/h40H,7-39H2,1-6H3,(H,46,48)(H,49,50). The van der Waals surface area contributed by atoms with Crippen LogP contribution in [0, 0.1) is 16.7 Å². The third-order valence-electron chi connectivity index (χ3n) is 8.83. The Morgan fingerprint density at radius 1 is 0.468 bits per heavy atom. The molecule has 0 aromatic rings. The first-order valence-electron chi connectivity index (χ1n) is 22.7. The van der Waals surface area contributed by atoms with Gasteiger partial charge in [-0.3, -0.25) is 14.4 Å². The second kappa shape index (κ2) is 43.4. The summed E-state index contributed by atoms with van der Waals surface area (Å²) >= 11 is 1.82. The molecule has 1 amide bonds. The van der Waals surface area contributed by atoms with E-state index in [9.17, 15) is 14.4 Å². The summed E-state index contributed by atoms with van der Waals surface area (Å²) in [6.07, 6.45) is 7.68. The fourth-order valence-electron chi connectivity index (χ4n) is 5.38. The van der Waals surface area contributed by atoms with Crippen molar-refractivity contribution in [3.8, 4) is 0 Å². The number of carbonyl (C=O) groups excluding carboxylic acids is 2. The van der Waals surface area contributed by atoms with E-state index in [2.05, 4.69) is 46.9 Å². The molecule has 0 saturated carbocycles. The summed E-state index contributed by atoms with van der Waals surface area (Å²) < 4.78 is 60.3. The lowest BCUT2D eigenvalue weighted by Crippen LogP contribution is -2.30. The number of aliphatic carboxylic acids is 1. The van der Waals surface area contributed by atoms with Crippen LogP contribution in [0.25, 0.3) is 0 Å². The Morgan fingerprint density at radius 2 is 0.823 bits per heavy atom. The summed E-state index contributed by atoms with van der Waals surface area (Å²) in [6, 6.07) is 0. The molecule has 16 nitrogen and oxygen atoms in total. The maximum atomic E-state index is 12.4. The number of amides is 1. The number of Topliss-reactive ketones (excluding diaryl/α,β-unsaturated/α-hetero) is 1. The molecular weight excluding hydrogens is 827 g/mol. The van der Waals surface area contributed by atoms with Gasteiger partial charge in [-0.25, -0.2) is 0 Å². The second-order valence-electron chi connectivity index (χ2n) is 17.2. The van der Waals surface area contributed by atoms with Crippen LogP contribution in [0.3, 0.4) is 0 Å². The smallest absolute Gasteiger partial charge is 0.322 e. The Labute approximate surface area is 378 Å². The Bertz CT molecular complexity index is 1030. The molecular formula is C45H87NO15S. The van der Waals surface area contributed by atoms with Crippen molar-refractivity contribution < 1.29 is 71.6 Å². The van der Waals surface area contributed by atoms with Crippen LogP contribution < -0.4 is 5.32 Å². The molecule has 1 atom stereocenters. The minimum Gasteiger partial charge on any atom is -0.480 e. The number of ketones is 1. The first-order valence-corrected chi connectivity index (χ1v) is 23.9. The summed E-state index contributed by atoms with van der Waals surface area (Å²) in [5.41, 5.74) is 0.735. The van der Waals surface area contributed by atoms with Crippen LogP contribution in [-0.4, -0.2) is 186 Å². The van der Waals surface area contributed by atoms with Gasteiger partial charge in [0, 0.05) is 19.4 Å². The highest BCUT2D eigenvalue weighted by atomic mass is 32.2. The Kier molecular flexibility index (Phi) is 42.4. The lowest BCUT2D eigenvalue weighted by Gasteiger charge is -2.24. The molecule has 0 aliphatic heterocycles. The van der Waals surface area contributed by atoms with Crippen LogP contribution >= 0.6 is 11.8 Å². The van der Waals surface area contributed by atoms with Gasteiger partial charge >= 0.3 is 5.97 Å². The van der Waals surface area contributed by atoms with Gasteiger partial charge in [-0.15, -0.1) is 0 Å². The molecule has 0 radical (unpaired) electrons. The predicted molar refractivity (Wildman–Crippen MR) is 241 cm³/mol. The molecule has 368 valence electrons. The van der Waals surface area contributed by atoms with Gasteiger partial charge in [0.05, 0.1) is 144 Å². The number of nitrogens with one attached hydrogen (secondary N) is 1. The van der Waals surface area contributed by atoms with E-state index in [4.69, 9.17) is 57.2 Å². The van der Waals surface area contributed by atoms with E-state index >= 15 is 0 Å². The lowest BCUT2D eigenvalue weighted by molar-refractivity contribution is -0.138. The van der Waals surface area contributed by atoms with E-state index in [1.165, 1.54) is 32.1 Å². The minimum atomic E-state index is -1.09. The molecule has 0 heterocycles. The van der Waals surface area contributed by atoms with E-state index in [1.807, 2.05) is 11.8 Å². The fraction of sp³-hybridized carbons (Fsp3) is 0.933. The Hall–Kier alpha value is -1.48. The first kappa shape index (κ1) is 60.5. The third-order valence-corrected chi connectivity index (χ3v) is 10.1. The number of thioether (sulfide) groups is 1. The average molecular weight is 914 g/mol. The van der Waals surface area contributed by atoms with Crippen LogP contribution in [0.15, 0.2) is 0 Å². The molecule has 62 heavy (non-hydrogen) atoms. The van der Waals surface area contributed by atoms with Crippen LogP contribution in [0.4, 0.5) is 0 Å². The highest BCUT2D eigenvalue weighted by molar-refractivity contribution is 7.99. The number of ether oxygens (including phenoxy) is 11. The van der Waals surface area contributed by atoms with E-state index in [-0.39, 0.29) is 18.9 Å². The number of hydrogen-bond donors (Lipinski definition) is 2. The third kappa shape index (κ3) is 51.2. The molecule has 0 fully saturated rings. The van der Waals surface area contributed by atoms with Gasteiger partial charge in [-0.2, -0.15) is 11.8 Å². The van der Waals surface area contributed by atoms with Crippen molar-refractivity contribution in [2.24, 2.45) is 16.7 Å². The monoisotopic (exact) mass is 914 g/mol. The first-order chi connectivity index (χ1) is 29.8. The van der Waals surface area contributed by atoms with Crippen molar-refractivity contribution in [1.82, 2.24) is 5.32 Å². The highest BCUT2D eigenvalue weighted by Crippen LogP contribution is 2.30.